The Balaban J connectivity index is 1.46. The number of carbonyl (C=O) groups is 1. The predicted octanol–water partition coefficient (Wildman–Crippen LogP) is 3.66. The molecule has 1 aliphatic heterocycles. The van der Waals surface area contributed by atoms with E-state index in [0.29, 0.717) is 53.3 Å². The minimum atomic E-state index is -3.59. The SMILES string of the molecule is O=C(Nc1ccc(S(=O)(=O)N2CCOCC2)cc1)c1cc(-c2ccc(Cl)cc2Cl)n[nH]1. The molecular formula is C20H18Cl2N4O4S. The van der Waals surface area contributed by atoms with Crippen LogP contribution >= 0.6 is 23.2 Å². The van der Waals surface area contributed by atoms with E-state index in [4.69, 9.17) is 27.9 Å². The van der Waals surface area contributed by atoms with Crippen LogP contribution in [0.4, 0.5) is 5.69 Å². The van der Waals surface area contributed by atoms with Crippen LogP contribution in [0.1, 0.15) is 10.5 Å². The second kappa shape index (κ2) is 8.97. The van der Waals surface area contributed by atoms with Gasteiger partial charge in [-0.2, -0.15) is 9.40 Å². The summed E-state index contributed by atoms with van der Waals surface area (Å²) in [7, 11) is -3.59. The molecule has 1 aliphatic rings. The van der Waals surface area contributed by atoms with Crippen LogP contribution in [0.25, 0.3) is 11.3 Å². The number of rotatable bonds is 5. The zero-order chi connectivity index (χ0) is 22.0. The number of hydrogen-bond acceptors (Lipinski definition) is 5. The van der Waals surface area contributed by atoms with Gasteiger partial charge in [-0.05, 0) is 48.5 Å². The molecule has 0 aliphatic carbocycles. The van der Waals surface area contributed by atoms with Gasteiger partial charge in [0, 0.05) is 29.4 Å². The molecule has 2 N–H and O–H groups in total. The smallest absolute Gasteiger partial charge is 0.273 e. The van der Waals surface area contributed by atoms with E-state index in [1.54, 1.807) is 36.4 Å². The Kier molecular flexibility index (Phi) is 6.31. The molecule has 1 saturated heterocycles. The van der Waals surface area contributed by atoms with E-state index in [9.17, 15) is 13.2 Å². The van der Waals surface area contributed by atoms with Crippen molar-refractivity contribution >= 4 is 44.8 Å². The zero-order valence-corrected chi connectivity index (χ0v) is 18.5. The molecule has 0 radical (unpaired) electrons. The molecule has 0 unspecified atom stereocenters. The molecule has 1 aromatic heterocycles. The van der Waals surface area contributed by atoms with Crippen molar-refractivity contribution in [2.24, 2.45) is 0 Å². The summed E-state index contributed by atoms with van der Waals surface area (Å²) >= 11 is 12.1. The molecule has 3 aromatic rings. The quantitative estimate of drug-likeness (QED) is 0.579. The third kappa shape index (κ3) is 4.76. The number of morpholine rings is 1. The minimum absolute atomic E-state index is 0.161. The molecule has 8 nitrogen and oxygen atoms in total. The van der Waals surface area contributed by atoms with Crippen LogP contribution in [-0.2, 0) is 14.8 Å². The van der Waals surface area contributed by atoms with Gasteiger partial charge in [0.25, 0.3) is 5.91 Å². The lowest BCUT2D eigenvalue weighted by Gasteiger charge is -2.26. The molecule has 31 heavy (non-hydrogen) atoms. The number of nitrogens with one attached hydrogen (secondary N) is 2. The maximum Gasteiger partial charge on any atom is 0.273 e. The maximum atomic E-state index is 12.7. The maximum absolute atomic E-state index is 12.7. The lowest BCUT2D eigenvalue weighted by molar-refractivity contribution is 0.0730. The summed E-state index contributed by atoms with van der Waals surface area (Å²) in [6.45, 7) is 1.39. The molecule has 2 aromatic carbocycles. The average molecular weight is 481 g/mol. The topological polar surface area (TPSA) is 104 Å². The molecule has 0 atom stereocenters. The van der Waals surface area contributed by atoms with E-state index < -0.39 is 15.9 Å². The largest absolute Gasteiger partial charge is 0.379 e. The molecule has 1 fully saturated rings. The first kappa shape index (κ1) is 21.8. The number of sulfonamides is 1. The van der Waals surface area contributed by atoms with Crippen molar-refractivity contribution in [1.29, 1.82) is 0 Å². The summed E-state index contributed by atoms with van der Waals surface area (Å²) in [5, 5.41) is 10.4. The van der Waals surface area contributed by atoms with E-state index in [2.05, 4.69) is 15.5 Å². The Hall–Kier alpha value is -2.43. The predicted molar refractivity (Wildman–Crippen MR) is 118 cm³/mol. The summed E-state index contributed by atoms with van der Waals surface area (Å²) in [5.74, 6) is -0.423. The molecule has 2 heterocycles. The lowest BCUT2D eigenvalue weighted by atomic mass is 10.1. The van der Waals surface area contributed by atoms with Crippen LogP contribution in [0.3, 0.4) is 0 Å². The van der Waals surface area contributed by atoms with Crippen molar-refractivity contribution in [2.75, 3.05) is 31.6 Å². The summed E-state index contributed by atoms with van der Waals surface area (Å²) in [6, 6.07) is 12.6. The summed E-state index contributed by atoms with van der Waals surface area (Å²) in [4.78, 5) is 12.7. The molecule has 0 spiro atoms. The van der Waals surface area contributed by atoms with Crippen molar-refractivity contribution in [3.05, 3.63) is 64.3 Å². The first-order valence-corrected chi connectivity index (χ1v) is 11.5. The van der Waals surface area contributed by atoms with Crippen LogP contribution in [0.5, 0.6) is 0 Å². The zero-order valence-electron chi connectivity index (χ0n) is 16.1. The van der Waals surface area contributed by atoms with Crippen LogP contribution < -0.4 is 5.32 Å². The molecule has 4 rings (SSSR count). The number of benzene rings is 2. The van der Waals surface area contributed by atoms with Crippen molar-refractivity contribution < 1.29 is 17.9 Å². The fraction of sp³-hybridized carbons (Fsp3) is 0.200. The number of H-pyrrole nitrogens is 1. The van der Waals surface area contributed by atoms with Gasteiger partial charge in [-0.15, -0.1) is 0 Å². The number of aromatic amines is 1. The molecule has 0 saturated carbocycles. The molecular weight excluding hydrogens is 463 g/mol. The number of nitrogens with zero attached hydrogens (tertiary/aromatic N) is 2. The molecule has 1 amide bonds. The average Bonchev–Trinajstić information content (AvgIpc) is 3.25. The van der Waals surface area contributed by atoms with Gasteiger partial charge in [0.05, 0.1) is 28.8 Å². The Labute approximate surface area is 189 Å². The normalized spacial score (nSPS) is 15.0. The second-order valence-electron chi connectivity index (χ2n) is 6.79. The number of hydrogen-bond donors (Lipinski definition) is 2. The highest BCUT2D eigenvalue weighted by molar-refractivity contribution is 7.89. The highest BCUT2D eigenvalue weighted by Crippen LogP contribution is 2.29. The van der Waals surface area contributed by atoms with E-state index in [0.717, 1.165) is 0 Å². The first-order chi connectivity index (χ1) is 14.8. The van der Waals surface area contributed by atoms with Crippen LogP contribution in [0, 0.1) is 0 Å². The highest BCUT2D eigenvalue weighted by Gasteiger charge is 2.26. The minimum Gasteiger partial charge on any atom is -0.379 e. The Bertz CT molecular complexity index is 1210. The first-order valence-electron chi connectivity index (χ1n) is 9.35. The third-order valence-electron chi connectivity index (χ3n) is 4.75. The Morgan fingerprint density at radius 2 is 1.77 bits per heavy atom. The van der Waals surface area contributed by atoms with Gasteiger partial charge in [0.15, 0.2) is 0 Å². The standard InChI is InChI=1S/C20H18Cl2N4O4S/c21-13-1-6-16(17(22)11-13)18-12-19(25-24-18)20(27)23-14-2-4-15(5-3-14)31(28,29)26-7-9-30-10-8-26/h1-6,11-12H,7-10H2,(H,23,27)(H,24,25). The van der Waals surface area contributed by atoms with E-state index in [-0.39, 0.29) is 10.6 Å². The number of amides is 1. The van der Waals surface area contributed by atoms with Gasteiger partial charge in [-0.3, -0.25) is 9.89 Å². The Morgan fingerprint density at radius 3 is 2.45 bits per heavy atom. The summed E-state index contributed by atoms with van der Waals surface area (Å²) < 4.78 is 31.9. The van der Waals surface area contributed by atoms with Gasteiger partial charge in [-0.1, -0.05) is 23.2 Å². The fourth-order valence-electron chi connectivity index (χ4n) is 3.12. The van der Waals surface area contributed by atoms with Gasteiger partial charge in [-0.25, -0.2) is 8.42 Å². The van der Waals surface area contributed by atoms with Gasteiger partial charge in [0.2, 0.25) is 10.0 Å². The Morgan fingerprint density at radius 1 is 1.06 bits per heavy atom. The summed E-state index contributed by atoms with van der Waals surface area (Å²) in [5.41, 5.74) is 1.82. The molecule has 11 heteroatoms. The number of ether oxygens (including phenoxy) is 1. The summed E-state index contributed by atoms with van der Waals surface area (Å²) in [6.07, 6.45) is 0. The van der Waals surface area contributed by atoms with Crippen LogP contribution in [0.15, 0.2) is 53.4 Å². The van der Waals surface area contributed by atoms with Crippen molar-refractivity contribution in [1.82, 2.24) is 14.5 Å². The second-order valence-corrected chi connectivity index (χ2v) is 9.57. The number of halogens is 2. The van der Waals surface area contributed by atoms with Crippen LogP contribution in [0.2, 0.25) is 10.0 Å². The highest BCUT2D eigenvalue weighted by atomic mass is 35.5. The van der Waals surface area contributed by atoms with Crippen LogP contribution in [-0.4, -0.2) is 55.1 Å². The van der Waals surface area contributed by atoms with Crippen molar-refractivity contribution in [3.63, 3.8) is 0 Å². The number of anilines is 1. The fourth-order valence-corrected chi connectivity index (χ4v) is 5.03. The van der Waals surface area contributed by atoms with Gasteiger partial charge in [0.1, 0.15) is 5.69 Å². The molecule has 0 bridgehead atoms. The monoisotopic (exact) mass is 480 g/mol. The number of aromatic nitrogens is 2. The van der Waals surface area contributed by atoms with Crippen molar-refractivity contribution in [2.45, 2.75) is 4.90 Å². The van der Waals surface area contributed by atoms with Crippen molar-refractivity contribution in [3.8, 4) is 11.3 Å². The van der Waals surface area contributed by atoms with Gasteiger partial charge < -0.3 is 10.1 Å². The third-order valence-corrected chi connectivity index (χ3v) is 7.21. The van der Waals surface area contributed by atoms with E-state index in [1.165, 1.54) is 16.4 Å². The lowest BCUT2D eigenvalue weighted by Crippen LogP contribution is -2.40. The van der Waals surface area contributed by atoms with E-state index >= 15 is 0 Å². The number of carbonyl (C=O) groups excluding carboxylic acids is 1. The molecule has 162 valence electrons. The van der Waals surface area contributed by atoms with E-state index in [1.807, 2.05) is 0 Å². The van der Waals surface area contributed by atoms with Gasteiger partial charge >= 0.3 is 0 Å².